The van der Waals surface area contributed by atoms with Crippen molar-refractivity contribution in [2.24, 2.45) is 0 Å². The predicted octanol–water partition coefficient (Wildman–Crippen LogP) is 2.05. The number of amides is 1. The number of hydrogen-bond donors (Lipinski definition) is 0. The fourth-order valence-electron chi connectivity index (χ4n) is 2.28. The second-order valence-corrected chi connectivity index (χ2v) is 5.34. The molecule has 1 unspecified atom stereocenters. The zero-order chi connectivity index (χ0) is 15.4. The van der Waals surface area contributed by atoms with Crippen LogP contribution in [-0.2, 0) is 14.3 Å². The highest BCUT2D eigenvalue weighted by atomic mass is 35.5. The van der Waals surface area contributed by atoms with Gasteiger partial charge in [0.15, 0.2) is 0 Å². The number of morpholine rings is 1. The average Bonchev–Trinajstić information content (AvgIpc) is 2.49. The normalized spacial score (nSPS) is 18.4. The first-order valence-electron chi connectivity index (χ1n) is 6.75. The Kier molecular flexibility index (Phi) is 5.20. The highest BCUT2D eigenvalue weighted by Gasteiger charge is 2.28. The van der Waals surface area contributed by atoms with E-state index in [0.29, 0.717) is 30.3 Å². The number of carbonyl (C=O) groups is 2. The van der Waals surface area contributed by atoms with E-state index in [1.165, 1.54) is 7.11 Å². The van der Waals surface area contributed by atoms with Crippen LogP contribution in [0.3, 0.4) is 0 Å². The molecule has 1 aromatic carbocycles. The highest BCUT2D eigenvalue weighted by Crippen LogP contribution is 2.23. The molecule has 1 saturated heterocycles. The van der Waals surface area contributed by atoms with Crippen molar-refractivity contribution in [1.29, 1.82) is 0 Å². The van der Waals surface area contributed by atoms with Gasteiger partial charge >= 0.3 is 5.97 Å². The maximum absolute atomic E-state index is 12.5. The van der Waals surface area contributed by atoms with Crippen molar-refractivity contribution in [2.45, 2.75) is 19.4 Å². The monoisotopic (exact) mass is 311 g/mol. The van der Waals surface area contributed by atoms with E-state index >= 15 is 0 Å². The molecule has 21 heavy (non-hydrogen) atoms. The average molecular weight is 312 g/mol. The summed E-state index contributed by atoms with van der Waals surface area (Å²) in [5.41, 5.74) is 1.34. The molecule has 1 amide bonds. The lowest BCUT2D eigenvalue weighted by Crippen LogP contribution is -2.46. The summed E-state index contributed by atoms with van der Waals surface area (Å²) in [7, 11) is 1.33. The molecule has 1 fully saturated rings. The summed E-state index contributed by atoms with van der Waals surface area (Å²) in [5.74, 6) is -0.482. The van der Waals surface area contributed by atoms with Gasteiger partial charge in [-0.25, -0.2) is 0 Å². The fourth-order valence-corrected chi connectivity index (χ4v) is 2.49. The van der Waals surface area contributed by atoms with Gasteiger partial charge < -0.3 is 14.4 Å². The Hall–Kier alpha value is -1.59. The number of aryl methyl sites for hydroxylation is 1. The standard InChI is InChI=1S/C15H18ClNO4/c1-10-4-3-5-12(14(10)16)15(19)17-6-7-21-11(9-17)8-13(18)20-2/h3-5,11H,6-9H2,1-2H3. The SMILES string of the molecule is COC(=O)CC1CN(C(=O)c2cccc(C)c2Cl)CCO1. The summed E-state index contributed by atoms with van der Waals surface area (Å²) >= 11 is 6.20. The Bertz CT molecular complexity index is 546. The Labute approximate surface area is 128 Å². The van der Waals surface area contributed by atoms with Crippen LogP contribution in [0.25, 0.3) is 0 Å². The predicted molar refractivity (Wildman–Crippen MR) is 78.5 cm³/mol. The van der Waals surface area contributed by atoms with Crippen LogP contribution in [0.5, 0.6) is 0 Å². The Morgan fingerprint density at radius 1 is 1.48 bits per heavy atom. The minimum atomic E-state index is -0.345. The molecule has 1 heterocycles. The fraction of sp³-hybridized carbons (Fsp3) is 0.467. The third kappa shape index (κ3) is 3.74. The molecule has 1 atom stereocenters. The van der Waals surface area contributed by atoms with Crippen molar-refractivity contribution < 1.29 is 19.1 Å². The summed E-state index contributed by atoms with van der Waals surface area (Å²) in [4.78, 5) is 25.5. The van der Waals surface area contributed by atoms with Crippen LogP contribution >= 0.6 is 11.6 Å². The third-order valence-corrected chi connectivity index (χ3v) is 3.97. The van der Waals surface area contributed by atoms with Gasteiger partial charge in [-0.3, -0.25) is 9.59 Å². The largest absolute Gasteiger partial charge is 0.469 e. The quantitative estimate of drug-likeness (QED) is 0.802. The number of carbonyl (C=O) groups excluding carboxylic acids is 2. The van der Waals surface area contributed by atoms with Crippen molar-refractivity contribution in [2.75, 3.05) is 26.8 Å². The van der Waals surface area contributed by atoms with Gasteiger partial charge in [-0.2, -0.15) is 0 Å². The lowest BCUT2D eigenvalue weighted by molar-refractivity contribution is -0.145. The van der Waals surface area contributed by atoms with E-state index in [2.05, 4.69) is 4.74 Å². The van der Waals surface area contributed by atoms with E-state index in [1.807, 2.05) is 13.0 Å². The number of ether oxygens (including phenoxy) is 2. The maximum Gasteiger partial charge on any atom is 0.308 e. The molecule has 0 N–H and O–H groups in total. The van der Waals surface area contributed by atoms with Gasteiger partial charge in [0.1, 0.15) is 0 Å². The minimum absolute atomic E-state index is 0.137. The van der Waals surface area contributed by atoms with Gasteiger partial charge in [0.05, 0.1) is 36.8 Å². The molecule has 6 heteroatoms. The lowest BCUT2D eigenvalue weighted by Gasteiger charge is -2.32. The maximum atomic E-state index is 12.5. The molecule has 2 rings (SSSR count). The number of nitrogens with zero attached hydrogens (tertiary/aromatic N) is 1. The van der Waals surface area contributed by atoms with Gasteiger partial charge in [0.25, 0.3) is 5.91 Å². The summed E-state index contributed by atoms with van der Waals surface area (Å²) in [5, 5.41) is 0.471. The van der Waals surface area contributed by atoms with Gasteiger partial charge in [0.2, 0.25) is 0 Å². The van der Waals surface area contributed by atoms with Crippen molar-refractivity contribution in [1.82, 2.24) is 4.90 Å². The van der Waals surface area contributed by atoms with E-state index in [1.54, 1.807) is 17.0 Å². The van der Waals surface area contributed by atoms with Crippen LogP contribution in [-0.4, -0.2) is 49.7 Å². The van der Waals surface area contributed by atoms with Crippen molar-refractivity contribution in [3.63, 3.8) is 0 Å². The zero-order valence-corrected chi connectivity index (χ0v) is 12.9. The number of halogens is 1. The molecule has 0 radical (unpaired) electrons. The number of esters is 1. The second kappa shape index (κ2) is 6.91. The van der Waals surface area contributed by atoms with Gasteiger partial charge in [-0.15, -0.1) is 0 Å². The second-order valence-electron chi connectivity index (χ2n) is 4.96. The van der Waals surface area contributed by atoms with Crippen LogP contribution in [0.4, 0.5) is 0 Å². The molecule has 0 aliphatic carbocycles. The first-order chi connectivity index (χ1) is 10.0. The van der Waals surface area contributed by atoms with Gasteiger partial charge in [0, 0.05) is 13.1 Å². The van der Waals surface area contributed by atoms with Crippen LogP contribution in [0.2, 0.25) is 5.02 Å². The summed E-state index contributed by atoms with van der Waals surface area (Å²) in [6, 6.07) is 5.38. The van der Waals surface area contributed by atoms with Crippen LogP contribution < -0.4 is 0 Å². The molecule has 0 aromatic heterocycles. The lowest BCUT2D eigenvalue weighted by atomic mass is 10.1. The molecule has 1 aliphatic rings. The van der Waals surface area contributed by atoms with Crippen molar-refractivity contribution >= 4 is 23.5 Å². The Balaban J connectivity index is 2.08. The van der Waals surface area contributed by atoms with Gasteiger partial charge in [-0.05, 0) is 18.6 Å². The van der Waals surface area contributed by atoms with E-state index in [4.69, 9.17) is 16.3 Å². The van der Waals surface area contributed by atoms with E-state index in [9.17, 15) is 9.59 Å². The first-order valence-corrected chi connectivity index (χ1v) is 7.13. The Morgan fingerprint density at radius 3 is 2.95 bits per heavy atom. The number of benzene rings is 1. The zero-order valence-electron chi connectivity index (χ0n) is 12.1. The molecule has 1 aliphatic heterocycles. The van der Waals surface area contributed by atoms with Crippen LogP contribution in [0.15, 0.2) is 18.2 Å². The molecule has 114 valence electrons. The highest BCUT2D eigenvalue weighted by molar-refractivity contribution is 6.34. The molecule has 0 saturated carbocycles. The number of hydrogen-bond acceptors (Lipinski definition) is 4. The molecular weight excluding hydrogens is 294 g/mol. The van der Waals surface area contributed by atoms with E-state index in [0.717, 1.165) is 5.56 Å². The number of rotatable bonds is 3. The Morgan fingerprint density at radius 2 is 2.24 bits per heavy atom. The molecule has 0 spiro atoms. The molecule has 0 bridgehead atoms. The van der Waals surface area contributed by atoms with E-state index < -0.39 is 0 Å². The smallest absolute Gasteiger partial charge is 0.308 e. The van der Waals surface area contributed by atoms with E-state index in [-0.39, 0.29) is 24.4 Å². The summed E-state index contributed by atoms with van der Waals surface area (Å²) in [6.45, 7) is 3.11. The third-order valence-electron chi connectivity index (χ3n) is 3.47. The number of methoxy groups -OCH3 is 1. The van der Waals surface area contributed by atoms with Crippen LogP contribution in [0.1, 0.15) is 22.3 Å². The molecule has 1 aromatic rings. The van der Waals surface area contributed by atoms with Crippen LogP contribution in [0, 0.1) is 6.92 Å². The van der Waals surface area contributed by atoms with Gasteiger partial charge in [-0.1, -0.05) is 23.7 Å². The first kappa shape index (κ1) is 15.8. The minimum Gasteiger partial charge on any atom is -0.469 e. The van der Waals surface area contributed by atoms with Crippen molar-refractivity contribution in [3.8, 4) is 0 Å². The topological polar surface area (TPSA) is 55.8 Å². The molecule has 5 nitrogen and oxygen atoms in total. The molecular formula is C15H18ClNO4. The summed E-state index contributed by atoms with van der Waals surface area (Å²) < 4.78 is 10.1. The summed E-state index contributed by atoms with van der Waals surface area (Å²) in [6.07, 6.45) is -0.194. The van der Waals surface area contributed by atoms with Crippen molar-refractivity contribution in [3.05, 3.63) is 34.3 Å².